The Labute approximate surface area is 285 Å². The summed E-state index contributed by atoms with van der Waals surface area (Å²) in [6.07, 6.45) is 1.88. The summed E-state index contributed by atoms with van der Waals surface area (Å²) in [5.74, 6) is 1.59. The molecule has 6 heteroatoms. The molecule has 0 fully saturated rings. The molecule has 11 aromatic rings. The molecule has 4 aromatic heterocycles. The minimum absolute atomic E-state index is 0.789. The maximum Gasteiger partial charge on any atom is 0.165 e. The molecule has 0 unspecified atom stereocenters. The van der Waals surface area contributed by atoms with Crippen molar-refractivity contribution >= 4 is 76.5 Å². The molecule has 232 valence electrons. The highest BCUT2D eigenvalue weighted by atomic mass is 15.1. The third-order valence-corrected chi connectivity index (χ3v) is 9.92. The van der Waals surface area contributed by atoms with E-state index in [1.54, 1.807) is 0 Å². The summed E-state index contributed by atoms with van der Waals surface area (Å²) in [5.41, 5.74) is 9.62. The zero-order valence-corrected chi connectivity index (χ0v) is 26.7. The Bertz CT molecular complexity index is 3170. The second-order valence-corrected chi connectivity index (χ2v) is 12.7. The summed E-state index contributed by atoms with van der Waals surface area (Å²) in [6, 6.07) is 52.8. The molecule has 11 rings (SSSR count). The van der Waals surface area contributed by atoms with Gasteiger partial charge in [-0.15, -0.1) is 0 Å². The second kappa shape index (κ2) is 10.3. The highest BCUT2D eigenvalue weighted by molar-refractivity contribution is 6.29. The molecule has 0 bridgehead atoms. The van der Waals surface area contributed by atoms with Gasteiger partial charge in [0, 0.05) is 27.1 Å². The number of para-hydroxylation sites is 6. The van der Waals surface area contributed by atoms with Crippen LogP contribution in [0.25, 0.3) is 99.3 Å². The van der Waals surface area contributed by atoms with Crippen molar-refractivity contribution in [1.29, 1.82) is 0 Å². The van der Waals surface area contributed by atoms with Gasteiger partial charge in [0.15, 0.2) is 11.6 Å². The van der Waals surface area contributed by atoms with Crippen molar-refractivity contribution in [2.24, 2.45) is 0 Å². The minimum Gasteiger partial charge on any atom is -0.292 e. The average Bonchev–Trinajstić information content (AvgIpc) is 3.70. The van der Waals surface area contributed by atoms with Crippen LogP contribution in [0, 0.1) is 0 Å². The van der Waals surface area contributed by atoms with Crippen LogP contribution in [0.3, 0.4) is 0 Å². The van der Waals surface area contributed by atoms with Gasteiger partial charge >= 0.3 is 0 Å². The monoisotopic (exact) mass is 638 g/mol. The summed E-state index contributed by atoms with van der Waals surface area (Å²) in [7, 11) is 0. The molecule has 0 saturated carbocycles. The Morgan fingerprint density at radius 2 is 0.960 bits per heavy atom. The van der Waals surface area contributed by atoms with Gasteiger partial charge < -0.3 is 0 Å². The maximum atomic E-state index is 5.38. The van der Waals surface area contributed by atoms with Gasteiger partial charge in [0.2, 0.25) is 0 Å². The number of rotatable bonds is 3. The van der Waals surface area contributed by atoms with Crippen LogP contribution < -0.4 is 0 Å². The molecule has 0 amide bonds. The van der Waals surface area contributed by atoms with Crippen LogP contribution in [0.15, 0.2) is 158 Å². The maximum absolute atomic E-state index is 5.38. The standard InChI is InChI=1S/C44H26N6/c1-2-12-28-25-29(22-21-27(28)11-1)43-44(48-35-18-8-7-17-34(35)47-43)50-37-20-10-4-14-31(37)42-39(50)24-23-38-41(42)30-13-3-9-19-36(30)49(38)40-26-45-32-15-5-6-16-33(32)46-40/h1-26H. The van der Waals surface area contributed by atoms with Gasteiger partial charge in [0.05, 0.1) is 50.3 Å². The van der Waals surface area contributed by atoms with Gasteiger partial charge in [-0.25, -0.2) is 15.0 Å². The molecular weight excluding hydrogens is 613 g/mol. The van der Waals surface area contributed by atoms with Gasteiger partial charge in [0.1, 0.15) is 5.69 Å². The van der Waals surface area contributed by atoms with E-state index in [1.165, 1.54) is 21.5 Å². The van der Waals surface area contributed by atoms with Crippen LogP contribution in [0.2, 0.25) is 0 Å². The lowest BCUT2D eigenvalue weighted by Gasteiger charge is -2.14. The van der Waals surface area contributed by atoms with Gasteiger partial charge in [-0.3, -0.25) is 14.1 Å². The van der Waals surface area contributed by atoms with Crippen LogP contribution in [-0.2, 0) is 0 Å². The molecule has 50 heavy (non-hydrogen) atoms. The largest absolute Gasteiger partial charge is 0.292 e. The van der Waals surface area contributed by atoms with Crippen LogP contribution in [0.1, 0.15) is 0 Å². The van der Waals surface area contributed by atoms with E-state index >= 15 is 0 Å². The van der Waals surface area contributed by atoms with Crippen molar-refractivity contribution in [3.8, 4) is 22.9 Å². The molecule has 0 spiro atoms. The van der Waals surface area contributed by atoms with Crippen molar-refractivity contribution in [2.45, 2.75) is 0 Å². The SMILES string of the molecule is c1ccc2cc(-c3nc4ccccc4nc3-n3c4ccccc4c4c5c6ccccc6n(-c6cnc7ccccc7n6)c5ccc43)ccc2c1. The van der Waals surface area contributed by atoms with Crippen LogP contribution in [0.5, 0.6) is 0 Å². The summed E-state index contributed by atoms with van der Waals surface area (Å²) in [4.78, 5) is 20.5. The molecule has 0 atom stereocenters. The van der Waals surface area contributed by atoms with Gasteiger partial charge in [-0.2, -0.15) is 0 Å². The highest BCUT2D eigenvalue weighted by Gasteiger charge is 2.23. The van der Waals surface area contributed by atoms with Crippen molar-refractivity contribution in [1.82, 2.24) is 29.1 Å². The summed E-state index contributed by atoms with van der Waals surface area (Å²) in [6.45, 7) is 0. The summed E-state index contributed by atoms with van der Waals surface area (Å²) in [5, 5.41) is 7.01. The predicted molar refractivity (Wildman–Crippen MR) is 204 cm³/mol. The smallest absolute Gasteiger partial charge is 0.165 e. The van der Waals surface area contributed by atoms with Crippen molar-refractivity contribution in [3.05, 3.63) is 158 Å². The fourth-order valence-electron chi connectivity index (χ4n) is 7.73. The fraction of sp³-hybridized carbons (Fsp3) is 0. The summed E-state index contributed by atoms with van der Waals surface area (Å²) >= 11 is 0. The third-order valence-electron chi connectivity index (χ3n) is 9.92. The van der Waals surface area contributed by atoms with Crippen molar-refractivity contribution in [2.75, 3.05) is 0 Å². The van der Waals surface area contributed by atoms with E-state index in [2.05, 4.69) is 112 Å². The van der Waals surface area contributed by atoms with E-state index in [0.717, 1.165) is 77.8 Å². The molecule has 0 N–H and O–H groups in total. The first-order chi connectivity index (χ1) is 24.8. The lowest BCUT2D eigenvalue weighted by Crippen LogP contribution is -2.03. The Kier molecular flexibility index (Phi) is 5.57. The first-order valence-corrected chi connectivity index (χ1v) is 16.7. The number of aromatic nitrogens is 6. The Morgan fingerprint density at radius 1 is 0.400 bits per heavy atom. The lowest BCUT2D eigenvalue weighted by molar-refractivity contribution is 1.07. The van der Waals surface area contributed by atoms with Crippen molar-refractivity contribution < 1.29 is 0 Å². The normalized spacial score (nSPS) is 12.0. The predicted octanol–water partition coefficient (Wildman–Crippen LogP) is 10.6. The minimum atomic E-state index is 0.789. The highest BCUT2D eigenvalue weighted by Crippen LogP contribution is 2.43. The number of hydrogen-bond acceptors (Lipinski definition) is 4. The molecule has 7 aromatic carbocycles. The van der Waals surface area contributed by atoms with E-state index in [1.807, 2.05) is 54.7 Å². The van der Waals surface area contributed by atoms with E-state index in [0.29, 0.717) is 0 Å². The zero-order chi connectivity index (χ0) is 32.8. The molecule has 0 aliphatic carbocycles. The number of nitrogens with zero attached hydrogens (tertiary/aromatic N) is 6. The third kappa shape index (κ3) is 3.84. The van der Waals surface area contributed by atoms with Gasteiger partial charge in [-0.1, -0.05) is 97.1 Å². The van der Waals surface area contributed by atoms with Crippen LogP contribution in [0.4, 0.5) is 0 Å². The van der Waals surface area contributed by atoms with E-state index in [-0.39, 0.29) is 0 Å². The van der Waals surface area contributed by atoms with Crippen molar-refractivity contribution in [3.63, 3.8) is 0 Å². The fourth-order valence-corrected chi connectivity index (χ4v) is 7.73. The number of hydrogen-bond donors (Lipinski definition) is 0. The second-order valence-electron chi connectivity index (χ2n) is 12.7. The average molecular weight is 639 g/mol. The molecule has 0 aliphatic heterocycles. The van der Waals surface area contributed by atoms with Crippen LogP contribution in [-0.4, -0.2) is 29.1 Å². The molecule has 0 radical (unpaired) electrons. The summed E-state index contributed by atoms with van der Waals surface area (Å²) < 4.78 is 4.54. The van der Waals surface area contributed by atoms with Gasteiger partial charge in [0.25, 0.3) is 0 Å². The molecular formula is C44H26N6. The quantitative estimate of drug-likeness (QED) is 0.193. The van der Waals surface area contributed by atoms with Crippen LogP contribution >= 0.6 is 0 Å². The Morgan fingerprint density at radius 3 is 1.70 bits per heavy atom. The van der Waals surface area contributed by atoms with E-state index in [9.17, 15) is 0 Å². The first kappa shape index (κ1) is 27.1. The molecule has 0 aliphatic rings. The Balaban J connectivity index is 1.27. The van der Waals surface area contributed by atoms with E-state index in [4.69, 9.17) is 19.9 Å². The Hall–Kier alpha value is -6.92. The zero-order valence-electron chi connectivity index (χ0n) is 26.7. The van der Waals surface area contributed by atoms with Gasteiger partial charge in [-0.05, 0) is 65.4 Å². The lowest BCUT2D eigenvalue weighted by atomic mass is 10.0. The topological polar surface area (TPSA) is 61.4 Å². The molecule has 6 nitrogen and oxygen atoms in total. The molecule has 0 saturated heterocycles. The van der Waals surface area contributed by atoms with E-state index < -0.39 is 0 Å². The number of fused-ring (bicyclic) bond motifs is 10. The first-order valence-electron chi connectivity index (χ1n) is 16.7. The molecule has 4 heterocycles. The number of benzene rings is 7.